The van der Waals surface area contributed by atoms with Crippen LogP contribution in [0.25, 0.3) is 5.69 Å². The third kappa shape index (κ3) is 4.52. The Morgan fingerprint density at radius 3 is 2.64 bits per heavy atom. The zero-order valence-electron chi connectivity index (χ0n) is 18.4. The molecule has 1 unspecified atom stereocenters. The Kier molecular flexibility index (Phi) is 6.29. The van der Waals surface area contributed by atoms with Gasteiger partial charge in [-0.3, -0.25) is 9.80 Å². The number of methoxy groups -OCH3 is 1. The van der Waals surface area contributed by atoms with E-state index >= 15 is 0 Å². The van der Waals surface area contributed by atoms with Crippen LogP contribution in [0.1, 0.15) is 19.2 Å². The molecule has 1 atom stereocenters. The normalized spacial score (nSPS) is 15.2. The number of esters is 1. The van der Waals surface area contributed by atoms with E-state index < -0.39 is 12.0 Å². The molecule has 170 valence electrons. The van der Waals surface area contributed by atoms with Crippen molar-refractivity contribution < 1.29 is 19.1 Å². The van der Waals surface area contributed by atoms with Crippen molar-refractivity contribution in [2.24, 2.45) is 5.10 Å². The molecule has 0 radical (unpaired) electrons. The van der Waals surface area contributed by atoms with Gasteiger partial charge in [-0.1, -0.05) is 18.2 Å². The number of hydrogen-bond donors (Lipinski definition) is 1. The number of nitrogens with zero attached hydrogens (tertiary/aromatic N) is 6. The van der Waals surface area contributed by atoms with Gasteiger partial charge in [0.1, 0.15) is 23.2 Å². The number of anilines is 2. The minimum Gasteiger partial charge on any atom is -0.494 e. The van der Waals surface area contributed by atoms with Gasteiger partial charge < -0.3 is 14.8 Å². The lowest BCUT2D eigenvalue weighted by molar-refractivity contribution is -0.135. The maximum Gasteiger partial charge on any atom is 0.354 e. The topological polar surface area (TPSA) is 124 Å². The smallest absolute Gasteiger partial charge is 0.354 e. The number of carbonyl (C=O) groups excluding carboxylic acids is 2. The van der Waals surface area contributed by atoms with Crippen molar-refractivity contribution in [1.29, 1.82) is 0 Å². The first kappa shape index (κ1) is 21.9. The summed E-state index contributed by atoms with van der Waals surface area (Å²) in [5.41, 5.74) is 1.98. The molecule has 0 fully saturated rings. The van der Waals surface area contributed by atoms with Crippen molar-refractivity contribution in [3.8, 4) is 11.4 Å². The molecule has 1 N–H and O–H groups in total. The monoisotopic (exact) mass is 449 g/mol. The minimum atomic E-state index is -0.730. The standard InChI is InChI=1S/C22H23N7O4/c1-4-33-22(31)17-13-19(29(25-17)16-8-6-5-7-9-16)21(30)23-15-10-11-20(32-3)18(12-15)28-14(2)24-26-27-28/h5-12,19H,4,13H2,1-3H3,(H,23,30). The molecule has 33 heavy (non-hydrogen) atoms. The van der Waals surface area contributed by atoms with Crippen LogP contribution in [0.2, 0.25) is 0 Å². The molecule has 4 rings (SSSR count). The molecular weight excluding hydrogens is 426 g/mol. The van der Waals surface area contributed by atoms with Crippen LogP contribution in [0.5, 0.6) is 5.75 Å². The number of hydrogen-bond acceptors (Lipinski definition) is 9. The summed E-state index contributed by atoms with van der Waals surface area (Å²) in [4.78, 5) is 25.6. The second-order valence-corrected chi connectivity index (χ2v) is 7.18. The number of nitrogens with one attached hydrogen (secondary N) is 1. The van der Waals surface area contributed by atoms with Crippen LogP contribution in [0.3, 0.4) is 0 Å². The molecule has 0 spiro atoms. The van der Waals surface area contributed by atoms with E-state index in [9.17, 15) is 9.59 Å². The van der Waals surface area contributed by atoms with E-state index in [2.05, 4.69) is 25.9 Å². The zero-order chi connectivity index (χ0) is 23.4. The Bertz CT molecular complexity index is 1190. The van der Waals surface area contributed by atoms with Crippen molar-refractivity contribution in [3.63, 3.8) is 0 Å². The van der Waals surface area contributed by atoms with Crippen LogP contribution in [-0.2, 0) is 14.3 Å². The molecule has 1 amide bonds. The van der Waals surface area contributed by atoms with Crippen molar-refractivity contribution in [1.82, 2.24) is 20.2 Å². The Morgan fingerprint density at radius 1 is 1.18 bits per heavy atom. The van der Waals surface area contributed by atoms with Crippen molar-refractivity contribution in [2.45, 2.75) is 26.3 Å². The number of aryl methyl sites for hydroxylation is 1. The lowest BCUT2D eigenvalue weighted by Crippen LogP contribution is -2.38. The van der Waals surface area contributed by atoms with Gasteiger partial charge in [-0.15, -0.1) is 5.10 Å². The lowest BCUT2D eigenvalue weighted by atomic mass is 10.1. The molecule has 0 aliphatic carbocycles. The van der Waals surface area contributed by atoms with Crippen LogP contribution in [-0.4, -0.2) is 57.6 Å². The van der Waals surface area contributed by atoms with Gasteiger partial charge >= 0.3 is 5.97 Å². The molecule has 2 heterocycles. The number of amides is 1. The van der Waals surface area contributed by atoms with Crippen molar-refractivity contribution in [3.05, 3.63) is 54.4 Å². The molecule has 0 saturated heterocycles. The molecule has 1 aliphatic heterocycles. The fraction of sp³-hybridized carbons (Fsp3) is 0.273. The summed E-state index contributed by atoms with van der Waals surface area (Å²) < 4.78 is 12.0. The molecule has 11 nitrogen and oxygen atoms in total. The van der Waals surface area contributed by atoms with Crippen LogP contribution < -0.4 is 15.1 Å². The highest BCUT2D eigenvalue weighted by Gasteiger charge is 2.37. The van der Waals surface area contributed by atoms with Gasteiger partial charge in [0.15, 0.2) is 5.82 Å². The molecule has 0 bridgehead atoms. The second kappa shape index (κ2) is 9.47. The van der Waals surface area contributed by atoms with Gasteiger partial charge in [-0.25, -0.2) is 4.79 Å². The number of para-hydroxylation sites is 1. The molecule has 0 saturated carbocycles. The highest BCUT2D eigenvalue weighted by molar-refractivity contribution is 6.38. The fourth-order valence-electron chi connectivity index (χ4n) is 3.48. The number of aromatic nitrogens is 4. The Labute approximate surface area is 190 Å². The SMILES string of the molecule is CCOC(=O)C1=NN(c2ccccc2)C(C(=O)Nc2ccc(OC)c(-n3nnnc3C)c2)C1. The second-order valence-electron chi connectivity index (χ2n) is 7.18. The number of ether oxygens (including phenoxy) is 2. The van der Waals surface area contributed by atoms with E-state index in [1.807, 2.05) is 30.3 Å². The first-order chi connectivity index (χ1) is 16.0. The summed E-state index contributed by atoms with van der Waals surface area (Å²) in [6, 6.07) is 13.6. The van der Waals surface area contributed by atoms with Gasteiger partial charge in [-0.2, -0.15) is 9.78 Å². The van der Waals surface area contributed by atoms with Crippen LogP contribution in [0.4, 0.5) is 11.4 Å². The predicted octanol–water partition coefficient (Wildman–Crippen LogP) is 2.12. The summed E-state index contributed by atoms with van der Waals surface area (Å²) in [5.74, 6) is 0.250. The summed E-state index contributed by atoms with van der Waals surface area (Å²) in [6.45, 7) is 3.71. The van der Waals surface area contributed by atoms with Crippen LogP contribution in [0.15, 0.2) is 53.6 Å². The Balaban J connectivity index is 1.61. The van der Waals surface area contributed by atoms with Gasteiger partial charge in [0.25, 0.3) is 0 Å². The molecule has 2 aromatic carbocycles. The van der Waals surface area contributed by atoms with Crippen LogP contribution in [0, 0.1) is 6.92 Å². The first-order valence-corrected chi connectivity index (χ1v) is 10.3. The van der Waals surface area contributed by atoms with Gasteiger partial charge in [0.05, 0.1) is 19.4 Å². The van der Waals surface area contributed by atoms with Gasteiger partial charge in [-0.05, 0) is 54.6 Å². The minimum absolute atomic E-state index is 0.120. The number of rotatable bonds is 7. The molecular formula is C22H23N7O4. The van der Waals surface area contributed by atoms with Gasteiger partial charge in [0.2, 0.25) is 5.91 Å². The highest BCUT2D eigenvalue weighted by Crippen LogP contribution is 2.29. The molecule has 11 heteroatoms. The number of tetrazole rings is 1. The Hall–Kier alpha value is -4.28. The molecule has 1 aromatic heterocycles. The first-order valence-electron chi connectivity index (χ1n) is 10.3. The van der Waals surface area contributed by atoms with Crippen LogP contribution >= 0.6 is 0 Å². The van der Waals surface area contributed by atoms with E-state index in [0.29, 0.717) is 28.6 Å². The van der Waals surface area contributed by atoms with Gasteiger partial charge in [0, 0.05) is 12.1 Å². The average molecular weight is 449 g/mol. The largest absolute Gasteiger partial charge is 0.494 e. The molecule has 1 aliphatic rings. The highest BCUT2D eigenvalue weighted by atomic mass is 16.5. The maximum atomic E-state index is 13.3. The fourth-order valence-corrected chi connectivity index (χ4v) is 3.48. The lowest BCUT2D eigenvalue weighted by Gasteiger charge is -2.23. The van der Waals surface area contributed by atoms with Crippen molar-refractivity contribution >= 4 is 29.0 Å². The third-order valence-corrected chi connectivity index (χ3v) is 5.04. The van der Waals surface area contributed by atoms with E-state index in [0.717, 1.165) is 0 Å². The van der Waals surface area contributed by atoms with Crippen molar-refractivity contribution in [2.75, 3.05) is 24.0 Å². The van der Waals surface area contributed by atoms with E-state index in [4.69, 9.17) is 9.47 Å². The summed E-state index contributed by atoms with van der Waals surface area (Å²) in [6.07, 6.45) is 0.120. The number of hydrazone groups is 1. The summed E-state index contributed by atoms with van der Waals surface area (Å²) in [5, 5.41) is 20.4. The average Bonchev–Trinajstić information content (AvgIpc) is 3.46. The number of carbonyl (C=O) groups is 2. The maximum absolute atomic E-state index is 13.3. The quantitative estimate of drug-likeness (QED) is 0.544. The van der Waals surface area contributed by atoms with E-state index in [-0.39, 0.29) is 24.6 Å². The van der Waals surface area contributed by atoms with E-state index in [1.165, 1.54) is 9.69 Å². The molecule has 3 aromatic rings. The number of benzene rings is 2. The van der Waals surface area contributed by atoms with E-state index in [1.54, 1.807) is 39.2 Å². The third-order valence-electron chi connectivity index (χ3n) is 5.04. The Morgan fingerprint density at radius 2 is 1.97 bits per heavy atom. The predicted molar refractivity (Wildman–Crippen MR) is 120 cm³/mol. The zero-order valence-corrected chi connectivity index (χ0v) is 18.4. The summed E-state index contributed by atoms with van der Waals surface area (Å²) in [7, 11) is 1.54. The summed E-state index contributed by atoms with van der Waals surface area (Å²) >= 11 is 0.